The summed E-state index contributed by atoms with van der Waals surface area (Å²) in [6, 6.07) is 6.62. The molecule has 3 aromatic rings. The number of aromatic nitrogens is 5. The van der Waals surface area contributed by atoms with Crippen LogP contribution < -0.4 is 5.32 Å². The van der Waals surface area contributed by atoms with Crippen LogP contribution in [0.4, 0.5) is 10.3 Å². The maximum Gasteiger partial charge on any atom is 0.242 e. The second-order valence-electron chi connectivity index (χ2n) is 7.31. The smallest absolute Gasteiger partial charge is 0.242 e. The SMILES string of the molecule is C=C/C=C(\C(=C/CNc1nc2n(n1)CCCC2c1ccc(F)cc1)OC)n1cnc(Cl)c1. The van der Waals surface area contributed by atoms with Crippen molar-refractivity contribution in [1.29, 1.82) is 0 Å². The van der Waals surface area contributed by atoms with E-state index in [0.717, 1.165) is 36.5 Å². The van der Waals surface area contributed by atoms with E-state index in [4.69, 9.17) is 21.3 Å². The molecular formula is C23H24ClFN6O. The molecule has 0 amide bonds. The molecule has 1 aromatic carbocycles. The van der Waals surface area contributed by atoms with Crippen LogP contribution >= 0.6 is 11.6 Å². The fraction of sp³-hybridized carbons (Fsp3) is 0.261. The van der Waals surface area contributed by atoms with Gasteiger partial charge in [0, 0.05) is 25.2 Å². The van der Waals surface area contributed by atoms with Gasteiger partial charge >= 0.3 is 0 Å². The van der Waals surface area contributed by atoms with Crippen LogP contribution in [0.2, 0.25) is 5.15 Å². The van der Waals surface area contributed by atoms with E-state index in [-0.39, 0.29) is 11.7 Å². The predicted octanol–water partition coefficient (Wildman–Crippen LogP) is 4.86. The summed E-state index contributed by atoms with van der Waals surface area (Å²) in [5, 5.41) is 8.22. The molecule has 0 saturated heterocycles. The molecule has 166 valence electrons. The number of imidazole rings is 1. The fourth-order valence-electron chi connectivity index (χ4n) is 3.80. The first-order chi connectivity index (χ1) is 15.6. The molecule has 1 aliphatic rings. The van der Waals surface area contributed by atoms with Crippen molar-refractivity contribution in [2.24, 2.45) is 0 Å². The first-order valence-electron chi connectivity index (χ1n) is 10.3. The number of halogens is 2. The van der Waals surface area contributed by atoms with Gasteiger partial charge in [-0.25, -0.2) is 14.1 Å². The molecule has 9 heteroatoms. The Balaban J connectivity index is 1.50. The third kappa shape index (κ3) is 4.75. The number of anilines is 1. The highest BCUT2D eigenvalue weighted by Gasteiger charge is 2.25. The van der Waals surface area contributed by atoms with Crippen molar-refractivity contribution in [3.05, 3.63) is 89.7 Å². The standard InChI is InChI=1S/C23H24ClFN6O/c1-3-5-19(30-14-21(24)27-15-30)20(32-2)11-12-26-23-28-22-18(6-4-13-31(22)29-23)16-7-9-17(25)10-8-16/h3,5,7-11,14-15,18H,1,4,6,12-13H2,2H3,(H,26,29)/b19-5+,20-11+. The van der Waals surface area contributed by atoms with Crippen molar-refractivity contribution in [3.8, 4) is 0 Å². The monoisotopic (exact) mass is 454 g/mol. The van der Waals surface area contributed by atoms with Gasteiger partial charge in [-0.2, -0.15) is 4.98 Å². The largest absolute Gasteiger partial charge is 0.495 e. The predicted molar refractivity (Wildman–Crippen MR) is 123 cm³/mol. The zero-order valence-corrected chi connectivity index (χ0v) is 18.5. The number of ether oxygens (including phenoxy) is 1. The molecule has 1 aliphatic heterocycles. The molecule has 32 heavy (non-hydrogen) atoms. The number of rotatable bonds is 8. The zero-order chi connectivity index (χ0) is 22.5. The van der Waals surface area contributed by atoms with Crippen LogP contribution in [0.5, 0.6) is 0 Å². The number of allylic oxidation sites excluding steroid dienone is 3. The third-order valence-corrected chi connectivity index (χ3v) is 5.47. The first kappa shape index (κ1) is 21.8. The summed E-state index contributed by atoms with van der Waals surface area (Å²) in [4.78, 5) is 8.76. The van der Waals surface area contributed by atoms with Gasteiger partial charge in [0.05, 0.1) is 12.8 Å². The van der Waals surface area contributed by atoms with Crippen LogP contribution in [0.15, 0.2) is 67.4 Å². The molecule has 0 spiro atoms. The summed E-state index contributed by atoms with van der Waals surface area (Å²) in [6.45, 7) is 5.03. The number of nitrogens with one attached hydrogen (secondary N) is 1. The van der Waals surface area contributed by atoms with E-state index in [1.807, 2.05) is 29.0 Å². The number of aryl methyl sites for hydroxylation is 1. The Morgan fingerprint density at radius 1 is 1.38 bits per heavy atom. The van der Waals surface area contributed by atoms with Crippen molar-refractivity contribution in [2.45, 2.75) is 25.3 Å². The molecule has 1 N–H and O–H groups in total. The lowest BCUT2D eigenvalue weighted by molar-refractivity contribution is 0.307. The van der Waals surface area contributed by atoms with E-state index in [2.05, 4.69) is 22.0 Å². The summed E-state index contributed by atoms with van der Waals surface area (Å²) in [5.74, 6) is 1.92. The lowest BCUT2D eigenvalue weighted by Crippen LogP contribution is -2.17. The molecule has 0 bridgehead atoms. The summed E-state index contributed by atoms with van der Waals surface area (Å²) < 4.78 is 22.6. The third-order valence-electron chi connectivity index (χ3n) is 5.27. The van der Waals surface area contributed by atoms with E-state index >= 15 is 0 Å². The maximum atomic E-state index is 13.3. The van der Waals surface area contributed by atoms with Crippen molar-refractivity contribution >= 4 is 23.2 Å². The molecule has 3 heterocycles. The Morgan fingerprint density at radius 3 is 2.88 bits per heavy atom. The Kier molecular flexibility index (Phi) is 6.70. The van der Waals surface area contributed by atoms with Gasteiger partial charge in [0.1, 0.15) is 28.9 Å². The normalized spacial score (nSPS) is 16.5. The van der Waals surface area contributed by atoms with Gasteiger partial charge in [0.25, 0.3) is 0 Å². The van der Waals surface area contributed by atoms with Crippen LogP contribution in [0.25, 0.3) is 5.70 Å². The van der Waals surface area contributed by atoms with Crippen molar-refractivity contribution in [2.75, 3.05) is 19.0 Å². The minimum atomic E-state index is -0.239. The maximum absolute atomic E-state index is 13.3. The van der Waals surface area contributed by atoms with Gasteiger partial charge < -0.3 is 14.6 Å². The van der Waals surface area contributed by atoms with Crippen LogP contribution in [-0.4, -0.2) is 38.0 Å². The summed E-state index contributed by atoms with van der Waals surface area (Å²) in [7, 11) is 1.60. The highest BCUT2D eigenvalue weighted by Crippen LogP contribution is 2.32. The first-order valence-corrected chi connectivity index (χ1v) is 10.7. The highest BCUT2D eigenvalue weighted by atomic mass is 35.5. The van der Waals surface area contributed by atoms with Crippen LogP contribution in [0.3, 0.4) is 0 Å². The quantitative estimate of drug-likeness (QED) is 0.388. The minimum Gasteiger partial charge on any atom is -0.495 e. The van der Waals surface area contributed by atoms with Gasteiger partial charge in [0.2, 0.25) is 5.95 Å². The van der Waals surface area contributed by atoms with Crippen molar-refractivity contribution in [3.63, 3.8) is 0 Å². The van der Waals surface area contributed by atoms with Gasteiger partial charge in [-0.15, -0.1) is 5.10 Å². The number of methoxy groups -OCH3 is 1. The van der Waals surface area contributed by atoms with Gasteiger partial charge in [0.15, 0.2) is 0 Å². The van der Waals surface area contributed by atoms with E-state index < -0.39 is 0 Å². The molecule has 0 radical (unpaired) electrons. The lowest BCUT2D eigenvalue weighted by atomic mass is 9.91. The number of hydrogen-bond donors (Lipinski definition) is 1. The van der Waals surface area contributed by atoms with Crippen molar-refractivity contribution in [1.82, 2.24) is 24.3 Å². The highest BCUT2D eigenvalue weighted by molar-refractivity contribution is 6.29. The van der Waals surface area contributed by atoms with Gasteiger partial charge in [-0.1, -0.05) is 36.4 Å². The van der Waals surface area contributed by atoms with E-state index in [1.165, 1.54) is 12.1 Å². The summed E-state index contributed by atoms with van der Waals surface area (Å²) >= 11 is 5.96. The van der Waals surface area contributed by atoms with Crippen LogP contribution in [0.1, 0.15) is 30.1 Å². The van der Waals surface area contributed by atoms with Gasteiger partial charge in [-0.3, -0.25) is 0 Å². The topological polar surface area (TPSA) is 69.8 Å². The van der Waals surface area contributed by atoms with E-state index in [0.29, 0.717) is 23.4 Å². The van der Waals surface area contributed by atoms with E-state index in [1.54, 1.807) is 30.3 Å². The second-order valence-corrected chi connectivity index (χ2v) is 7.70. The molecule has 4 rings (SSSR count). The molecule has 0 fully saturated rings. The minimum absolute atomic E-state index is 0.102. The van der Waals surface area contributed by atoms with Crippen LogP contribution in [-0.2, 0) is 11.3 Å². The van der Waals surface area contributed by atoms with Crippen LogP contribution in [0, 0.1) is 5.82 Å². The number of benzene rings is 1. The van der Waals surface area contributed by atoms with Crippen molar-refractivity contribution < 1.29 is 9.13 Å². The molecule has 1 atom stereocenters. The summed E-state index contributed by atoms with van der Waals surface area (Å²) in [5.41, 5.74) is 1.79. The molecular weight excluding hydrogens is 431 g/mol. The number of fused-ring (bicyclic) bond motifs is 1. The lowest BCUT2D eigenvalue weighted by Gasteiger charge is -2.22. The Hall–Kier alpha value is -3.39. The molecule has 1 unspecified atom stereocenters. The molecule has 0 aliphatic carbocycles. The average Bonchev–Trinajstić information content (AvgIpc) is 3.41. The average molecular weight is 455 g/mol. The Labute approximate surface area is 190 Å². The molecule has 0 saturated carbocycles. The number of nitrogens with zero attached hydrogens (tertiary/aromatic N) is 5. The Morgan fingerprint density at radius 2 is 2.19 bits per heavy atom. The Bertz CT molecular complexity index is 1150. The summed E-state index contributed by atoms with van der Waals surface area (Å²) in [6.07, 6.45) is 10.6. The van der Waals surface area contributed by atoms with E-state index in [9.17, 15) is 4.39 Å². The van der Waals surface area contributed by atoms with Gasteiger partial charge in [-0.05, 0) is 42.7 Å². The molecule has 2 aromatic heterocycles. The number of hydrogen-bond acceptors (Lipinski definition) is 5. The second kappa shape index (κ2) is 9.82. The molecule has 7 nitrogen and oxygen atoms in total. The zero-order valence-electron chi connectivity index (χ0n) is 17.7. The fourth-order valence-corrected chi connectivity index (χ4v) is 3.95.